The Hall–Kier alpha value is -4.18. The van der Waals surface area contributed by atoms with Crippen LogP contribution in [0, 0.1) is 0 Å². The number of amides is 1. The van der Waals surface area contributed by atoms with Crippen molar-refractivity contribution in [2.75, 3.05) is 38.1 Å². The highest BCUT2D eigenvalue weighted by atomic mass is 16.5. The minimum atomic E-state index is -0.548. The molecule has 0 unspecified atom stereocenters. The molecule has 4 aromatic rings. The molecule has 1 spiro atoms. The molecule has 2 fully saturated rings. The van der Waals surface area contributed by atoms with Crippen LogP contribution in [0.1, 0.15) is 35.1 Å². The lowest BCUT2D eigenvalue weighted by molar-refractivity contribution is -0.118. The van der Waals surface area contributed by atoms with Gasteiger partial charge in [0.25, 0.3) is 5.88 Å². The van der Waals surface area contributed by atoms with E-state index in [1.807, 2.05) is 24.3 Å². The Labute approximate surface area is 206 Å². The SMILES string of the molecule is COc1ccc2c(c1)[C@]1(C[C@H]1c1ccc3c(Nc4nc(C5COC5)cnc4OC)n[nH]c3c1)C(=O)N2. The first-order chi connectivity index (χ1) is 17.6. The average molecular weight is 485 g/mol. The number of carbonyl (C=O) groups is 1. The van der Waals surface area contributed by atoms with E-state index < -0.39 is 5.41 Å². The summed E-state index contributed by atoms with van der Waals surface area (Å²) in [5.74, 6) is 2.66. The van der Waals surface area contributed by atoms with E-state index >= 15 is 0 Å². The lowest BCUT2D eigenvalue weighted by atomic mass is 9.91. The number of fused-ring (bicyclic) bond motifs is 3. The average Bonchev–Trinajstić information content (AvgIpc) is 3.41. The van der Waals surface area contributed by atoms with Crippen molar-refractivity contribution in [2.24, 2.45) is 0 Å². The first kappa shape index (κ1) is 21.1. The highest BCUT2D eigenvalue weighted by Gasteiger charge is 2.65. The van der Waals surface area contributed by atoms with E-state index in [0.717, 1.165) is 45.6 Å². The maximum atomic E-state index is 13.0. The molecule has 182 valence electrons. The largest absolute Gasteiger partial charge is 0.497 e. The summed E-state index contributed by atoms with van der Waals surface area (Å²) in [6.07, 6.45) is 2.48. The molecule has 36 heavy (non-hydrogen) atoms. The molecule has 2 aromatic carbocycles. The number of anilines is 3. The van der Waals surface area contributed by atoms with Gasteiger partial charge in [-0.3, -0.25) is 9.89 Å². The molecule has 2 aliphatic heterocycles. The molecule has 1 amide bonds. The number of benzene rings is 2. The number of carbonyl (C=O) groups excluding carboxylic acids is 1. The van der Waals surface area contributed by atoms with Crippen LogP contribution in [0.4, 0.5) is 17.3 Å². The van der Waals surface area contributed by atoms with Crippen LogP contribution in [0.15, 0.2) is 42.6 Å². The second-order valence-electron chi connectivity index (χ2n) is 9.48. The number of rotatable bonds is 6. The quantitative estimate of drug-likeness (QED) is 0.379. The minimum Gasteiger partial charge on any atom is -0.497 e. The van der Waals surface area contributed by atoms with Crippen molar-refractivity contribution >= 4 is 34.1 Å². The number of hydrogen-bond donors (Lipinski definition) is 3. The zero-order valence-electron chi connectivity index (χ0n) is 19.8. The van der Waals surface area contributed by atoms with Crippen LogP contribution < -0.4 is 20.1 Å². The molecule has 3 aliphatic rings. The van der Waals surface area contributed by atoms with E-state index in [0.29, 0.717) is 30.7 Å². The maximum Gasteiger partial charge on any atom is 0.257 e. The topological polar surface area (TPSA) is 123 Å². The van der Waals surface area contributed by atoms with Crippen LogP contribution in [0.3, 0.4) is 0 Å². The van der Waals surface area contributed by atoms with Gasteiger partial charge in [-0.25, -0.2) is 9.97 Å². The Morgan fingerprint density at radius 3 is 2.78 bits per heavy atom. The first-order valence-electron chi connectivity index (χ1n) is 11.8. The molecule has 1 aliphatic carbocycles. The molecule has 3 N–H and O–H groups in total. The molecule has 2 aromatic heterocycles. The summed E-state index contributed by atoms with van der Waals surface area (Å²) < 4.78 is 16.1. The molecule has 2 atom stereocenters. The lowest BCUT2D eigenvalue weighted by Crippen LogP contribution is -2.26. The van der Waals surface area contributed by atoms with Crippen LogP contribution >= 0.6 is 0 Å². The fourth-order valence-corrected chi connectivity index (χ4v) is 5.39. The van der Waals surface area contributed by atoms with Crippen LogP contribution in [0.5, 0.6) is 11.6 Å². The summed E-state index contributed by atoms with van der Waals surface area (Å²) >= 11 is 0. The third-order valence-corrected chi connectivity index (χ3v) is 7.55. The Morgan fingerprint density at radius 2 is 2.00 bits per heavy atom. The van der Waals surface area contributed by atoms with E-state index in [4.69, 9.17) is 19.2 Å². The van der Waals surface area contributed by atoms with Gasteiger partial charge >= 0.3 is 0 Å². The Bertz CT molecular complexity index is 1530. The van der Waals surface area contributed by atoms with Gasteiger partial charge in [0.2, 0.25) is 5.91 Å². The minimum absolute atomic E-state index is 0.0465. The zero-order chi connectivity index (χ0) is 24.4. The van der Waals surface area contributed by atoms with Crippen molar-refractivity contribution < 1.29 is 19.0 Å². The lowest BCUT2D eigenvalue weighted by Gasteiger charge is -2.25. The molecule has 10 heteroatoms. The Balaban J connectivity index is 1.19. The van der Waals surface area contributed by atoms with E-state index in [-0.39, 0.29) is 17.7 Å². The number of aromatic nitrogens is 4. The van der Waals surface area contributed by atoms with Crippen molar-refractivity contribution in [2.45, 2.75) is 23.7 Å². The monoisotopic (exact) mass is 484 g/mol. The molecule has 4 heterocycles. The zero-order valence-corrected chi connectivity index (χ0v) is 19.8. The van der Waals surface area contributed by atoms with Gasteiger partial charge in [0, 0.05) is 22.9 Å². The number of aromatic amines is 1. The predicted octanol–water partition coefficient (Wildman–Crippen LogP) is 3.60. The summed E-state index contributed by atoms with van der Waals surface area (Å²) in [4.78, 5) is 22.1. The summed E-state index contributed by atoms with van der Waals surface area (Å²) in [5, 5.41) is 14.8. The standard InChI is InChI=1S/C26H24N6O4/c1-34-15-4-6-19-17(8-15)26(25(33)29-19)9-18(26)13-3-5-16-20(7-13)31-32-22(16)30-23-24(35-2)27-10-21(28-23)14-11-36-12-14/h3-8,10,14,18H,9,11-12H2,1-2H3,(H,29,33)(H2,28,30,31,32)/t18-,26-/m0/s1. The number of nitrogens with one attached hydrogen (secondary N) is 3. The number of hydrogen-bond acceptors (Lipinski definition) is 8. The van der Waals surface area contributed by atoms with Gasteiger partial charge in [0.05, 0.1) is 50.3 Å². The van der Waals surface area contributed by atoms with Gasteiger partial charge in [0.15, 0.2) is 11.6 Å². The summed E-state index contributed by atoms with van der Waals surface area (Å²) in [7, 11) is 3.20. The molecule has 7 rings (SSSR count). The van der Waals surface area contributed by atoms with E-state index in [9.17, 15) is 4.79 Å². The van der Waals surface area contributed by atoms with Crippen molar-refractivity contribution in [1.82, 2.24) is 20.2 Å². The van der Waals surface area contributed by atoms with Crippen LogP contribution in [-0.4, -0.2) is 53.5 Å². The maximum absolute atomic E-state index is 13.0. The number of H-pyrrole nitrogens is 1. The van der Waals surface area contributed by atoms with Crippen LogP contribution in [0.2, 0.25) is 0 Å². The number of methoxy groups -OCH3 is 2. The second kappa shape index (κ2) is 7.66. The van der Waals surface area contributed by atoms with Crippen LogP contribution in [-0.2, 0) is 14.9 Å². The second-order valence-corrected chi connectivity index (χ2v) is 9.48. The summed E-state index contributed by atoms with van der Waals surface area (Å²) in [6.45, 7) is 1.29. The highest BCUT2D eigenvalue weighted by molar-refractivity contribution is 6.10. The first-order valence-corrected chi connectivity index (χ1v) is 11.8. The van der Waals surface area contributed by atoms with Gasteiger partial charge < -0.3 is 24.8 Å². The number of ether oxygens (including phenoxy) is 3. The van der Waals surface area contributed by atoms with Crippen LogP contribution in [0.25, 0.3) is 10.9 Å². The Morgan fingerprint density at radius 1 is 1.11 bits per heavy atom. The third kappa shape index (κ3) is 3.00. The highest BCUT2D eigenvalue weighted by Crippen LogP contribution is 2.65. The van der Waals surface area contributed by atoms with Crippen molar-refractivity contribution in [3.63, 3.8) is 0 Å². The number of nitrogens with zero attached hydrogens (tertiary/aromatic N) is 3. The molecular formula is C26H24N6O4. The molecule has 1 saturated carbocycles. The molecule has 0 bridgehead atoms. The summed E-state index contributed by atoms with van der Waals surface area (Å²) in [5.41, 5.74) is 4.14. The van der Waals surface area contributed by atoms with Gasteiger partial charge in [-0.2, -0.15) is 5.10 Å². The van der Waals surface area contributed by atoms with Gasteiger partial charge in [-0.1, -0.05) is 6.07 Å². The van der Waals surface area contributed by atoms with Crippen molar-refractivity contribution in [3.05, 3.63) is 59.4 Å². The van der Waals surface area contributed by atoms with E-state index in [2.05, 4.69) is 37.9 Å². The van der Waals surface area contributed by atoms with E-state index in [1.54, 1.807) is 20.4 Å². The Kier molecular flexibility index (Phi) is 4.50. The van der Waals surface area contributed by atoms with Gasteiger partial charge in [0.1, 0.15) is 5.75 Å². The van der Waals surface area contributed by atoms with E-state index in [1.165, 1.54) is 0 Å². The van der Waals surface area contributed by atoms with Crippen molar-refractivity contribution in [3.8, 4) is 11.6 Å². The summed E-state index contributed by atoms with van der Waals surface area (Å²) in [6, 6.07) is 11.9. The van der Waals surface area contributed by atoms with Gasteiger partial charge in [-0.05, 0) is 47.9 Å². The fourth-order valence-electron chi connectivity index (χ4n) is 5.39. The normalized spacial score (nSPS) is 22.3. The molecule has 1 saturated heterocycles. The van der Waals surface area contributed by atoms with Gasteiger partial charge in [-0.15, -0.1) is 0 Å². The predicted molar refractivity (Wildman–Crippen MR) is 132 cm³/mol. The molecule has 10 nitrogen and oxygen atoms in total. The molecular weight excluding hydrogens is 460 g/mol. The third-order valence-electron chi connectivity index (χ3n) is 7.55. The van der Waals surface area contributed by atoms with Crippen molar-refractivity contribution in [1.29, 1.82) is 0 Å². The smallest absolute Gasteiger partial charge is 0.257 e. The fraction of sp³-hybridized carbons (Fsp3) is 0.308. The molecule has 0 radical (unpaired) electrons.